The molecular formula is C13H14N4OS. The van der Waals surface area contributed by atoms with Crippen LogP contribution < -0.4 is 5.32 Å². The Morgan fingerprint density at radius 3 is 2.89 bits per heavy atom. The first kappa shape index (κ1) is 12.1. The Kier molecular flexibility index (Phi) is 3.16. The highest BCUT2D eigenvalue weighted by atomic mass is 32.1. The summed E-state index contributed by atoms with van der Waals surface area (Å²) in [7, 11) is 0. The SMILES string of the molecule is Cc1nc(CCNc2nc3c(C)cccc3s2)no1. The lowest BCUT2D eigenvalue weighted by Crippen LogP contribution is -2.05. The van der Waals surface area contributed by atoms with Crippen LogP contribution in [0.2, 0.25) is 0 Å². The number of benzene rings is 1. The molecule has 0 fully saturated rings. The molecule has 3 aromatic rings. The molecule has 0 bridgehead atoms. The Bertz CT molecular complexity index is 704. The molecular weight excluding hydrogens is 260 g/mol. The number of nitrogens with one attached hydrogen (secondary N) is 1. The Hall–Kier alpha value is -1.95. The Morgan fingerprint density at radius 1 is 1.26 bits per heavy atom. The van der Waals surface area contributed by atoms with Crippen LogP contribution >= 0.6 is 11.3 Å². The minimum absolute atomic E-state index is 0.602. The number of anilines is 1. The van der Waals surface area contributed by atoms with E-state index in [-0.39, 0.29) is 0 Å². The van der Waals surface area contributed by atoms with Gasteiger partial charge in [0, 0.05) is 19.9 Å². The molecule has 5 nitrogen and oxygen atoms in total. The fourth-order valence-corrected chi connectivity index (χ4v) is 2.86. The third kappa shape index (κ3) is 2.58. The second kappa shape index (κ2) is 4.97. The van der Waals surface area contributed by atoms with Crippen LogP contribution in [0.15, 0.2) is 22.7 Å². The fourth-order valence-electron chi connectivity index (χ4n) is 1.89. The monoisotopic (exact) mass is 274 g/mol. The standard InChI is InChI=1S/C13H14N4OS/c1-8-4-3-5-10-12(8)16-13(19-10)14-7-6-11-15-9(2)18-17-11/h3-5H,6-7H2,1-2H3,(H,14,16). The Labute approximate surface area is 114 Å². The molecule has 0 unspecified atom stereocenters. The number of fused-ring (bicyclic) bond motifs is 1. The van der Waals surface area contributed by atoms with E-state index in [1.807, 2.05) is 0 Å². The van der Waals surface area contributed by atoms with E-state index in [2.05, 4.69) is 45.6 Å². The highest BCUT2D eigenvalue weighted by Gasteiger charge is 2.06. The highest BCUT2D eigenvalue weighted by Crippen LogP contribution is 2.27. The number of rotatable bonds is 4. The molecule has 0 radical (unpaired) electrons. The number of aromatic nitrogens is 3. The van der Waals surface area contributed by atoms with E-state index in [9.17, 15) is 0 Å². The van der Waals surface area contributed by atoms with Crippen molar-refractivity contribution in [3.63, 3.8) is 0 Å². The molecule has 0 saturated heterocycles. The van der Waals surface area contributed by atoms with E-state index in [1.54, 1.807) is 18.3 Å². The van der Waals surface area contributed by atoms with Gasteiger partial charge in [-0.25, -0.2) is 4.98 Å². The number of aryl methyl sites for hydroxylation is 2. The fraction of sp³-hybridized carbons (Fsp3) is 0.308. The third-order valence-corrected chi connectivity index (χ3v) is 3.79. The van der Waals surface area contributed by atoms with Gasteiger partial charge in [0.1, 0.15) is 0 Å². The maximum absolute atomic E-state index is 4.93. The van der Waals surface area contributed by atoms with Crippen LogP contribution in [-0.2, 0) is 6.42 Å². The summed E-state index contributed by atoms with van der Waals surface area (Å²) < 4.78 is 6.14. The lowest BCUT2D eigenvalue weighted by atomic mass is 10.2. The van der Waals surface area contributed by atoms with Crippen molar-refractivity contribution in [2.45, 2.75) is 20.3 Å². The number of nitrogens with zero attached hydrogens (tertiary/aromatic N) is 3. The number of hydrogen-bond donors (Lipinski definition) is 1. The smallest absolute Gasteiger partial charge is 0.223 e. The van der Waals surface area contributed by atoms with Crippen LogP contribution in [-0.4, -0.2) is 21.7 Å². The topological polar surface area (TPSA) is 63.8 Å². The minimum atomic E-state index is 0.602. The maximum Gasteiger partial charge on any atom is 0.223 e. The molecule has 2 aromatic heterocycles. The van der Waals surface area contributed by atoms with Gasteiger partial charge in [-0.05, 0) is 18.6 Å². The summed E-state index contributed by atoms with van der Waals surface area (Å²) in [6, 6.07) is 6.23. The van der Waals surface area contributed by atoms with Crippen LogP contribution in [0, 0.1) is 13.8 Å². The van der Waals surface area contributed by atoms with Gasteiger partial charge in [-0.1, -0.05) is 28.6 Å². The van der Waals surface area contributed by atoms with E-state index < -0.39 is 0 Å². The van der Waals surface area contributed by atoms with Gasteiger partial charge in [-0.15, -0.1) is 0 Å². The van der Waals surface area contributed by atoms with Gasteiger partial charge in [0.2, 0.25) is 5.89 Å². The number of hydrogen-bond acceptors (Lipinski definition) is 6. The van der Waals surface area contributed by atoms with Crippen molar-refractivity contribution in [2.75, 3.05) is 11.9 Å². The largest absolute Gasteiger partial charge is 0.361 e. The van der Waals surface area contributed by atoms with Gasteiger partial charge in [-0.3, -0.25) is 0 Å². The molecule has 3 rings (SSSR count). The first-order valence-corrected chi connectivity index (χ1v) is 6.93. The average Bonchev–Trinajstić information content (AvgIpc) is 2.97. The van der Waals surface area contributed by atoms with Crippen molar-refractivity contribution >= 4 is 26.7 Å². The van der Waals surface area contributed by atoms with Crippen molar-refractivity contribution < 1.29 is 4.52 Å². The third-order valence-electron chi connectivity index (χ3n) is 2.82. The molecule has 19 heavy (non-hydrogen) atoms. The van der Waals surface area contributed by atoms with Gasteiger partial charge in [0.15, 0.2) is 11.0 Å². The Balaban J connectivity index is 1.67. The van der Waals surface area contributed by atoms with E-state index >= 15 is 0 Å². The molecule has 0 amide bonds. The summed E-state index contributed by atoms with van der Waals surface area (Å²) in [5.41, 5.74) is 2.28. The van der Waals surface area contributed by atoms with E-state index in [0.29, 0.717) is 5.89 Å². The lowest BCUT2D eigenvalue weighted by molar-refractivity contribution is 0.387. The predicted octanol–water partition coefficient (Wildman–Crippen LogP) is 2.95. The summed E-state index contributed by atoms with van der Waals surface area (Å²) in [6.45, 7) is 4.62. The molecule has 0 aliphatic heterocycles. The van der Waals surface area contributed by atoms with Crippen molar-refractivity contribution in [3.8, 4) is 0 Å². The maximum atomic E-state index is 4.93. The van der Waals surface area contributed by atoms with Gasteiger partial charge in [0.25, 0.3) is 0 Å². The van der Waals surface area contributed by atoms with E-state index in [4.69, 9.17) is 4.52 Å². The first-order valence-electron chi connectivity index (χ1n) is 6.11. The van der Waals surface area contributed by atoms with Crippen molar-refractivity contribution in [2.24, 2.45) is 0 Å². The summed E-state index contributed by atoms with van der Waals surface area (Å²) >= 11 is 1.67. The normalized spacial score (nSPS) is 11.1. The highest BCUT2D eigenvalue weighted by molar-refractivity contribution is 7.22. The zero-order valence-electron chi connectivity index (χ0n) is 10.8. The van der Waals surface area contributed by atoms with Gasteiger partial charge < -0.3 is 9.84 Å². The zero-order valence-corrected chi connectivity index (χ0v) is 11.6. The van der Waals surface area contributed by atoms with Crippen molar-refractivity contribution in [3.05, 3.63) is 35.5 Å². The quantitative estimate of drug-likeness (QED) is 0.792. The summed E-state index contributed by atoms with van der Waals surface area (Å²) in [5, 5.41) is 8.10. The molecule has 2 heterocycles. The summed E-state index contributed by atoms with van der Waals surface area (Å²) in [5.74, 6) is 1.33. The molecule has 6 heteroatoms. The van der Waals surface area contributed by atoms with Crippen LogP contribution in [0.5, 0.6) is 0 Å². The van der Waals surface area contributed by atoms with Gasteiger partial charge in [0.05, 0.1) is 10.2 Å². The van der Waals surface area contributed by atoms with E-state index in [0.717, 1.165) is 29.4 Å². The van der Waals surface area contributed by atoms with Crippen LogP contribution in [0.4, 0.5) is 5.13 Å². The van der Waals surface area contributed by atoms with Crippen molar-refractivity contribution in [1.82, 2.24) is 15.1 Å². The molecule has 0 aliphatic carbocycles. The molecule has 0 saturated carbocycles. The number of para-hydroxylation sites is 1. The molecule has 1 N–H and O–H groups in total. The summed E-state index contributed by atoms with van der Waals surface area (Å²) in [6.07, 6.45) is 0.728. The molecule has 0 atom stereocenters. The Morgan fingerprint density at radius 2 is 2.16 bits per heavy atom. The molecule has 98 valence electrons. The second-order valence-corrected chi connectivity index (χ2v) is 5.38. The second-order valence-electron chi connectivity index (χ2n) is 4.35. The van der Waals surface area contributed by atoms with Gasteiger partial charge >= 0.3 is 0 Å². The molecule has 0 aliphatic rings. The van der Waals surface area contributed by atoms with Crippen LogP contribution in [0.3, 0.4) is 0 Å². The zero-order chi connectivity index (χ0) is 13.2. The lowest BCUT2D eigenvalue weighted by Gasteiger charge is -1.98. The minimum Gasteiger partial charge on any atom is -0.361 e. The summed E-state index contributed by atoms with van der Waals surface area (Å²) in [4.78, 5) is 8.76. The molecule has 0 spiro atoms. The van der Waals surface area contributed by atoms with Crippen molar-refractivity contribution in [1.29, 1.82) is 0 Å². The first-order chi connectivity index (χ1) is 9.22. The molecule has 1 aromatic carbocycles. The number of thiazole rings is 1. The van der Waals surface area contributed by atoms with Crippen LogP contribution in [0.25, 0.3) is 10.2 Å². The average molecular weight is 274 g/mol. The van der Waals surface area contributed by atoms with E-state index in [1.165, 1.54) is 10.3 Å². The van der Waals surface area contributed by atoms with Crippen LogP contribution in [0.1, 0.15) is 17.3 Å². The predicted molar refractivity (Wildman–Crippen MR) is 75.6 cm³/mol. The van der Waals surface area contributed by atoms with Gasteiger partial charge in [-0.2, -0.15) is 4.98 Å².